The van der Waals surface area contributed by atoms with Crippen LogP contribution in [0.5, 0.6) is 5.75 Å². The maximum Gasteiger partial charge on any atom is 0.199 e. The van der Waals surface area contributed by atoms with Crippen molar-refractivity contribution in [3.8, 4) is 5.75 Å². The number of hydrogen-bond donors (Lipinski definition) is 0. The maximum absolute atomic E-state index is 13.0. The van der Waals surface area contributed by atoms with E-state index in [4.69, 9.17) is 9.15 Å². The van der Waals surface area contributed by atoms with E-state index in [0.29, 0.717) is 41.2 Å². The first-order valence-corrected chi connectivity index (χ1v) is 8.76. The SMILES string of the molecule is Cc1ccc(Cc2coc3cccc(OCCC(C)C)c3c2=O)cc1. The fourth-order valence-electron chi connectivity index (χ4n) is 2.75. The molecule has 130 valence electrons. The highest BCUT2D eigenvalue weighted by Crippen LogP contribution is 2.24. The summed E-state index contributed by atoms with van der Waals surface area (Å²) in [6.07, 6.45) is 3.08. The monoisotopic (exact) mass is 336 g/mol. The van der Waals surface area contributed by atoms with Gasteiger partial charge in [0.25, 0.3) is 0 Å². The number of hydrogen-bond acceptors (Lipinski definition) is 3. The number of fused-ring (bicyclic) bond motifs is 1. The Balaban J connectivity index is 1.94. The minimum absolute atomic E-state index is 0.0121. The Morgan fingerprint density at radius 1 is 1.08 bits per heavy atom. The molecular weight excluding hydrogens is 312 g/mol. The van der Waals surface area contributed by atoms with Gasteiger partial charge in [0.1, 0.15) is 16.7 Å². The van der Waals surface area contributed by atoms with Gasteiger partial charge in [-0.1, -0.05) is 49.7 Å². The van der Waals surface area contributed by atoms with Crippen molar-refractivity contribution in [2.45, 2.75) is 33.6 Å². The van der Waals surface area contributed by atoms with Crippen molar-refractivity contribution in [2.75, 3.05) is 6.61 Å². The summed E-state index contributed by atoms with van der Waals surface area (Å²) in [5.74, 6) is 1.17. The van der Waals surface area contributed by atoms with Crippen molar-refractivity contribution in [2.24, 2.45) is 5.92 Å². The van der Waals surface area contributed by atoms with Crippen LogP contribution in [-0.2, 0) is 6.42 Å². The molecule has 3 rings (SSSR count). The van der Waals surface area contributed by atoms with E-state index in [-0.39, 0.29) is 5.43 Å². The average molecular weight is 336 g/mol. The summed E-state index contributed by atoms with van der Waals surface area (Å²) in [5.41, 5.74) is 3.50. The number of aryl methyl sites for hydroxylation is 1. The second-order valence-electron chi connectivity index (χ2n) is 6.91. The Morgan fingerprint density at radius 2 is 1.84 bits per heavy atom. The van der Waals surface area contributed by atoms with E-state index >= 15 is 0 Å². The molecule has 3 heteroatoms. The van der Waals surface area contributed by atoms with E-state index in [9.17, 15) is 4.79 Å². The van der Waals surface area contributed by atoms with E-state index in [1.807, 2.05) is 30.3 Å². The summed E-state index contributed by atoms with van der Waals surface area (Å²) in [6, 6.07) is 13.7. The lowest BCUT2D eigenvalue weighted by atomic mass is 10.0. The van der Waals surface area contributed by atoms with Crippen LogP contribution in [0.15, 0.2) is 57.9 Å². The zero-order valence-electron chi connectivity index (χ0n) is 15.0. The lowest BCUT2D eigenvalue weighted by molar-refractivity contribution is 0.292. The Bertz CT molecular complexity index is 905. The van der Waals surface area contributed by atoms with Gasteiger partial charge in [0.05, 0.1) is 12.9 Å². The molecule has 3 aromatic rings. The number of rotatable bonds is 6. The van der Waals surface area contributed by atoms with Crippen molar-refractivity contribution in [1.82, 2.24) is 0 Å². The van der Waals surface area contributed by atoms with Crippen LogP contribution in [0.4, 0.5) is 0 Å². The maximum atomic E-state index is 13.0. The molecular formula is C22H24O3. The fourth-order valence-corrected chi connectivity index (χ4v) is 2.75. The molecule has 2 aromatic carbocycles. The minimum Gasteiger partial charge on any atom is -0.493 e. The van der Waals surface area contributed by atoms with Gasteiger partial charge < -0.3 is 9.15 Å². The predicted octanol–water partition coefficient (Wildman–Crippen LogP) is 5.12. The molecule has 1 heterocycles. The lowest BCUT2D eigenvalue weighted by Gasteiger charge is -2.11. The molecule has 0 N–H and O–H groups in total. The van der Waals surface area contributed by atoms with E-state index in [0.717, 1.165) is 12.0 Å². The molecule has 0 aliphatic heterocycles. The highest BCUT2D eigenvalue weighted by molar-refractivity contribution is 5.83. The summed E-state index contributed by atoms with van der Waals surface area (Å²) >= 11 is 0. The van der Waals surface area contributed by atoms with E-state index < -0.39 is 0 Å². The Hall–Kier alpha value is -2.55. The Morgan fingerprint density at radius 3 is 2.56 bits per heavy atom. The highest BCUT2D eigenvalue weighted by Gasteiger charge is 2.13. The third-order valence-corrected chi connectivity index (χ3v) is 4.30. The first-order chi connectivity index (χ1) is 12.0. The predicted molar refractivity (Wildman–Crippen MR) is 101 cm³/mol. The lowest BCUT2D eigenvalue weighted by Crippen LogP contribution is -2.11. The molecule has 25 heavy (non-hydrogen) atoms. The second-order valence-corrected chi connectivity index (χ2v) is 6.91. The summed E-state index contributed by atoms with van der Waals surface area (Å²) in [4.78, 5) is 13.0. The van der Waals surface area contributed by atoms with Crippen LogP contribution in [0.1, 0.15) is 37.0 Å². The quantitative estimate of drug-likeness (QED) is 0.627. The average Bonchev–Trinajstić information content (AvgIpc) is 2.59. The largest absolute Gasteiger partial charge is 0.493 e. The smallest absolute Gasteiger partial charge is 0.199 e. The number of benzene rings is 2. The van der Waals surface area contributed by atoms with Crippen molar-refractivity contribution < 1.29 is 9.15 Å². The summed E-state index contributed by atoms with van der Waals surface area (Å²) in [7, 11) is 0. The third-order valence-electron chi connectivity index (χ3n) is 4.30. The summed E-state index contributed by atoms with van der Waals surface area (Å²) < 4.78 is 11.6. The van der Waals surface area contributed by atoms with E-state index in [1.54, 1.807) is 6.26 Å². The molecule has 3 nitrogen and oxygen atoms in total. The molecule has 0 atom stereocenters. The van der Waals surface area contributed by atoms with Crippen LogP contribution < -0.4 is 10.2 Å². The van der Waals surface area contributed by atoms with Crippen LogP contribution in [-0.4, -0.2) is 6.61 Å². The number of ether oxygens (including phenoxy) is 1. The molecule has 1 aromatic heterocycles. The molecule has 0 amide bonds. The van der Waals surface area contributed by atoms with Gasteiger partial charge in [0.15, 0.2) is 5.43 Å². The second kappa shape index (κ2) is 7.56. The van der Waals surface area contributed by atoms with Gasteiger partial charge in [0, 0.05) is 12.0 Å². The fraction of sp³-hybridized carbons (Fsp3) is 0.318. The zero-order chi connectivity index (χ0) is 17.8. The first-order valence-electron chi connectivity index (χ1n) is 8.76. The molecule has 0 radical (unpaired) electrons. The van der Waals surface area contributed by atoms with Gasteiger partial charge in [-0.25, -0.2) is 0 Å². The topological polar surface area (TPSA) is 39.4 Å². The van der Waals surface area contributed by atoms with Crippen LogP contribution in [0.25, 0.3) is 11.0 Å². The van der Waals surface area contributed by atoms with Crippen LogP contribution >= 0.6 is 0 Å². The van der Waals surface area contributed by atoms with Crippen molar-refractivity contribution in [3.63, 3.8) is 0 Å². The Kier molecular flexibility index (Phi) is 5.22. The highest BCUT2D eigenvalue weighted by atomic mass is 16.5. The van der Waals surface area contributed by atoms with Gasteiger partial charge in [-0.05, 0) is 37.0 Å². The molecule has 0 spiro atoms. The van der Waals surface area contributed by atoms with Crippen molar-refractivity contribution in [3.05, 3.63) is 75.6 Å². The Labute approximate surface area is 148 Å². The van der Waals surface area contributed by atoms with Crippen LogP contribution in [0, 0.1) is 12.8 Å². The van der Waals surface area contributed by atoms with Gasteiger partial charge in [0.2, 0.25) is 0 Å². The van der Waals surface area contributed by atoms with Crippen molar-refractivity contribution in [1.29, 1.82) is 0 Å². The molecule has 0 aliphatic carbocycles. The van der Waals surface area contributed by atoms with E-state index in [1.165, 1.54) is 5.56 Å². The molecule has 0 unspecified atom stereocenters. The van der Waals surface area contributed by atoms with Crippen LogP contribution in [0.3, 0.4) is 0 Å². The first kappa shape index (κ1) is 17.3. The summed E-state index contributed by atoms with van der Waals surface area (Å²) in [5, 5.41) is 0.538. The van der Waals surface area contributed by atoms with Gasteiger partial charge in [-0.3, -0.25) is 4.79 Å². The zero-order valence-corrected chi connectivity index (χ0v) is 15.0. The normalized spacial score (nSPS) is 11.2. The minimum atomic E-state index is -0.0121. The summed E-state index contributed by atoms with van der Waals surface area (Å²) in [6.45, 7) is 6.95. The standard InChI is InChI=1S/C22H24O3/c1-15(2)11-12-24-19-5-4-6-20-21(19)22(23)18(14-25-20)13-17-9-7-16(3)8-10-17/h4-10,14-15H,11-13H2,1-3H3. The molecule has 0 saturated heterocycles. The van der Waals surface area contributed by atoms with E-state index in [2.05, 4.69) is 32.9 Å². The molecule has 0 bridgehead atoms. The molecule has 0 fully saturated rings. The van der Waals surface area contributed by atoms with Gasteiger partial charge in [-0.2, -0.15) is 0 Å². The van der Waals surface area contributed by atoms with Gasteiger partial charge >= 0.3 is 0 Å². The molecule has 0 aliphatic rings. The van der Waals surface area contributed by atoms with Crippen molar-refractivity contribution >= 4 is 11.0 Å². The molecule has 0 saturated carbocycles. The van der Waals surface area contributed by atoms with Gasteiger partial charge in [-0.15, -0.1) is 0 Å². The van der Waals surface area contributed by atoms with Crippen LogP contribution in [0.2, 0.25) is 0 Å². The third kappa shape index (κ3) is 4.11.